The Labute approximate surface area is 94.0 Å². The summed E-state index contributed by atoms with van der Waals surface area (Å²) in [5.41, 5.74) is 11.2. The number of hydrogen-bond donors (Lipinski definition) is 2. The fourth-order valence-electron chi connectivity index (χ4n) is 3.07. The minimum Gasteiger partial charge on any atom is -0.368 e. The van der Waals surface area contributed by atoms with Crippen LogP contribution in [0.3, 0.4) is 0 Å². The number of anilines is 2. The summed E-state index contributed by atoms with van der Waals surface area (Å²) in [7, 11) is 0. The quantitative estimate of drug-likeness (QED) is 0.684. The lowest BCUT2D eigenvalue weighted by molar-refractivity contribution is 0.414. The van der Waals surface area contributed by atoms with Crippen molar-refractivity contribution in [3.63, 3.8) is 0 Å². The predicted octanol–water partition coefficient (Wildman–Crippen LogP) is 0.962. The van der Waals surface area contributed by atoms with Gasteiger partial charge in [0, 0.05) is 5.92 Å². The molecule has 0 aliphatic heterocycles. The van der Waals surface area contributed by atoms with Crippen LogP contribution in [0.2, 0.25) is 0 Å². The normalized spacial score (nSPS) is 35.8. The monoisotopic (exact) mass is 217 g/mol. The molecule has 5 nitrogen and oxygen atoms in total. The number of nitrogens with zero attached hydrogens (tertiary/aromatic N) is 3. The number of aromatic nitrogens is 3. The van der Waals surface area contributed by atoms with Gasteiger partial charge in [-0.3, -0.25) is 0 Å². The highest BCUT2D eigenvalue weighted by Gasteiger charge is 2.44. The van der Waals surface area contributed by atoms with E-state index in [4.69, 9.17) is 11.5 Å². The van der Waals surface area contributed by atoms with Gasteiger partial charge in [-0.1, -0.05) is 19.1 Å². The molecule has 1 saturated carbocycles. The smallest absolute Gasteiger partial charge is 0.225 e. The molecule has 4 N–H and O–H groups in total. The van der Waals surface area contributed by atoms with E-state index in [0.29, 0.717) is 23.7 Å². The van der Waals surface area contributed by atoms with Crippen molar-refractivity contribution in [2.24, 2.45) is 17.8 Å². The number of rotatable bonds is 1. The van der Waals surface area contributed by atoms with Crippen LogP contribution in [-0.4, -0.2) is 15.0 Å². The zero-order chi connectivity index (χ0) is 11.3. The molecule has 0 aromatic carbocycles. The van der Waals surface area contributed by atoms with Crippen LogP contribution in [0.15, 0.2) is 12.2 Å². The molecule has 0 radical (unpaired) electrons. The molecule has 0 amide bonds. The second-order valence-electron chi connectivity index (χ2n) is 4.74. The molecule has 1 fully saturated rings. The van der Waals surface area contributed by atoms with Crippen LogP contribution in [0.4, 0.5) is 11.9 Å². The van der Waals surface area contributed by atoms with Crippen LogP contribution in [0.5, 0.6) is 0 Å². The summed E-state index contributed by atoms with van der Waals surface area (Å²) >= 11 is 0. The Bertz CT molecular complexity index is 435. The van der Waals surface area contributed by atoms with Gasteiger partial charge in [-0.25, -0.2) is 0 Å². The largest absolute Gasteiger partial charge is 0.368 e. The second-order valence-corrected chi connectivity index (χ2v) is 4.74. The minimum atomic E-state index is 0.224. The fourth-order valence-corrected chi connectivity index (χ4v) is 3.07. The molecular formula is C11H15N5. The number of fused-ring (bicyclic) bond motifs is 2. The molecule has 3 rings (SSSR count). The number of nitrogen functional groups attached to an aromatic ring is 2. The molecule has 5 heteroatoms. The molecule has 4 unspecified atom stereocenters. The summed E-state index contributed by atoms with van der Waals surface area (Å²) in [6, 6.07) is 0. The Morgan fingerprint density at radius 2 is 1.69 bits per heavy atom. The van der Waals surface area contributed by atoms with E-state index in [9.17, 15) is 0 Å². The highest BCUT2D eigenvalue weighted by atomic mass is 15.1. The van der Waals surface area contributed by atoms with E-state index < -0.39 is 0 Å². The van der Waals surface area contributed by atoms with E-state index in [0.717, 1.165) is 5.82 Å². The molecule has 2 bridgehead atoms. The second kappa shape index (κ2) is 3.17. The van der Waals surface area contributed by atoms with Crippen LogP contribution in [0.1, 0.15) is 25.1 Å². The van der Waals surface area contributed by atoms with Gasteiger partial charge in [-0.15, -0.1) is 0 Å². The van der Waals surface area contributed by atoms with Gasteiger partial charge in [0.2, 0.25) is 11.9 Å². The molecule has 1 heterocycles. The van der Waals surface area contributed by atoms with Crippen molar-refractivity contribution in [2.75, 3.05) is 11.5 Å². The third-order valence-corrected chi connectivity index (χ3v) is 3.84. The van der Waals surface area contributed by atoms with E-state index in [-0.39, 0.29) is 11.9 Å². The Morgan fingerprint density at radius 3 is 2.25 bits per heavy atom. The van der Waals surface area contributed by atoms with Crippen LogP contribution in [0.25, 0.3) is 0 Å². The van der Waals surface area contributed by atoms with Gasteiger partial charge in [0.25, 0.3) is 0 Å². The maximum atomic E-state index is 5.61. The third kappa shape index (κ3) is 1.27. The molecule has 4 atom stereocenters. The van der Waals surface area contributed by atoms with Gasteiger partial charge < -0.3 is 11.5 Å². The van der Waals surface area contributed by atoms with Crippen molar-refractivity contribution >= 4 is 11.9 Å². The molecular weight excluding hydrogens is 202 g/mol. The van der Waals surface area contributed by atoms with E-state index in [2.05, 4.69) is 34.0 Å². The minimum absolute atomic E-state index is 0.224. The first-order valence-corrected chi connectivity index (χ1v) is 5.60. The first-order valence-electron chi connectivity index (χ1n) is 5.60. The van der Waals surface area contributed by atoms with E-state index in [1.165, 1.54) is 6.42 Å². The Morgan fingerprint density at radius 1 is 1.06 bits per heavy atom. The van der Waals surface area contributed by atoms with Crippen LogP contribution in [0, 0.1) is 17.8 Å². The molecule has 84 valence electrons. The van der Waals surface area contributed by atoms with Crippen molar-refractivity contribution in [3.8, 4) is 0 Å². The Balaban J connectivity index is 2.01. The molecule has 0 spiro atoms. The Hall–Kier alpha value is -1.65. The number of nitrogens with two attached hydrogens (primary N) is 2. The maximum absolute atomic E-state index is 5.61. The van der Waals surface area contributed by atoms with Crippen LogP contribution in [-0.2, 0) is 0 Å². The van der Waals surface area contributed by atoms with Gasteiger partial charge in [0.1, 0.15) is 5.82 Å². The van der Waals surface area contributed by atoms with Crippen LogP contribution >= 0.6 is 0 Å². The van der Waals surface area contributed by atoms with E-state index in [1.807, 2.05) is 0 Å². The SMILES string of the molecule is CC1C2C=CC(C2)C1c1nc(N)nc(N)n1. The van der Waals surface area contributed by atoms with Crippen molar-refractivity contribution in [2.45, 2.75) is 19.3 Å². The van der Waals surface area contributed by atoms with Gasteiger partial charge >= 0.3 is 0 Å². The van der Waals surface area contributed by atoms with Crippen molar-refractivity contribution in [1.29, 1.82) is 0 Å². The lowest BCUT2D eigenvalue weighted by Gasteiger charge is -2.23. The third-order valence-electron chi connectivity index (χ3n) is 3.84. The highest BCUT2D eigenvalue weighted by Crippen LogP contribution is 2.51. The summed E-state index contributed by atoms with van der Waals surface area (Å²) in [5.74, 6) is 3.33. The van der Waals surface area contributed by atoms with E-state index >= 15 is 0 Å². The lowest BCUT2D eigenvalue weighted by atomic mass is 9.84. The first-order chi connectivity index (χ1) is 7.65. The first kappa shape index (κ1) is 9.57. The lowest BCUT2D eigenvalue weighted by Crippen LogP contribution is -2.19. The van der Waals surface area contributed by atoms with Crippen molar-refractivity contribution in [1.82, 2.24) is 15.0 Å². The zero-order valence-corrected chi connectivity index (χ0v) is 9.17. The van der Waals surface area contributed by atoms with Gasteiger partial charge in [0.15, 0.2) is 0 Å². The van der Waals surface area contributed by atoms with Crippen LogP contribution < -0.4 is 11.5 Å². The molecule has 0 saturated heterocycles. The molecule has 1 aromatic rings. The standard InChI is InChI=1S/C11H15N5/c1-5-6-2-3-7(4-6)8(5)9-14-10(12)16-11(13)15-9/h2-3,5-8H,4H2,1H3,(H4,12,13,14,15,16). The topological polar surface area (TPSA) is 90.7 Å². The van der Waals surface area contributed by atoms with Crippen molar-refractivity contribution in [3.05, 3.63) is 18.0 Å². The molecule has 1 aromatic heterocycles. The van der Waals surface area contributed by atoms with E-state index in [1.54, 1.807) is 0 Å². The summed E-state index contributed by atoms with van der Waals surface area (Å²) in [6.07, 6.45) is 5.78. The van der Waals surface area contributed by atoms with Gasteiger partial charge in [0.05, 0.1) is 0 Å². The molecule has 2 aliphatic rings. The summed E-state index contributed by atoms with van der Waals surface area (Å²) < 4.78 is 0. The summed E-state index contributed by atoms with van der Waals surface area (Å²) in [4.78, 5) is 12.3. The van der Waals surface area contributed by atoms with Gasteiger partial charge in [-0.2, -0.15) is 15.0 Å². The fraction of sp³-hybridized carbons (Fsp3) is 0.545. The summed E-state index contributed by atoms with van der Waals surface area (Å²) in [6.45, 7) is 2.25. The average Bonchev–Trinajstić information content (AvgIpc) is 2.75. The highest BCUT2D eigenvalue weighted by molar-refractivity contribution is 5.30. The average molecular weight is 217 g/mol. The Kier molecular flexibility index (Phi) is 1.89. The molecule has 2 aliphatic carbocycles. The summed E-state index contributed by atoms with van der Waals surface area (Å²) in [5, 5.41) is 0. The molecule has 16 heavy (non-hydrogen) atoms. The maximum Gasteiger partial charge on any atom is 0.225 e. The number of hydrogen-bond acceptors (Lipinski definition) is 5. The van der Waals surface area contributed by atoms with Crippen molar-refractivity contribution < 1.29 is 0 Å². The predicted molar refractivity (Wildman–Crippen MR) is 61.3 cm³/mol. The van der Waals surface area contributed by atoms with Gasteiger partial charge in [-0.05, 0) is 24.2 Å². The zero-order valence-electron chi connectivity index (χ0n) is 9.17. The number of allylic oxidation sites excluding steroid dienone is 2.